The molecular formula is C26H30N4O5. The van der Waals surface area contributed by atoms with E-state index in [0.717, 1.165) is 22.2 Å². The average Bonchev–Trinajstić information content (AvgIpc) is 3.24. The van der Waals surface area contributed by atoms with Crippen LogP contribution in [0.4, 0.5) is 5.69 Å². The van der Waals surface area contributed by atoms with E-state index in [9.17, 15) is 19.8 Å². The van der Waals surface area contributed by atoms with Gasteiger partial charge in [-0.15, -0.1) is 0 Å². The monoisotopic (exact) mass is 478 g/mol. The van der Waals surface area contributed by atoms with Gasteiger partial charge in [0.25, 0.3) is 0 Å². The van der Waals surface area contributed by atoms with E-state index in [4.69, 9.17) is 10.5 Å². The molecule has 4 rings (SSSR count). The maximum absolute atomic E-state index is 13.0. The number of carbonyl (C=O) groups excluding carboxylic acids is 2. The fourth-order valence-corrected chi connectivity index (χ4v) is 4.19. The molecule has 9 heteroatoms. The molecule has 2 aromatic carbocycles. The Kier molecular flexibility index (Phi) is 7.09. The molecule has 1 aromatic heterocycles. The number of primary amides is 1. The van der Waals surface area contributed by atoms with Crippen molar-refractivity contribution in [3.63, 3.8) is 0 Å². The van der Waals surface area contributed by atoms with E-state index in [-0.39, 0.29) is 18.4 Å². The molecule has 2 amide bonds. The number of nitrogens with zero attached hydrogens (tertiary/aromatic N) is 1. The molecule has 3 aromatic rings. The van der Waals surface area contributed by atoms with Crippen molar-refractivity contribution in [1.29, 1.82) is 0 Å². The van der Waals surface area contributed by atoms with E-state index in [1.165, 1.54) is 6.08 Å². The Labute approximate surface area is 203 Å². The average molecular weight is 479 g/mol. The summed E-state index contributed by atoms with van der Waals surface area (Å²) in [6.45, 7) is 0. The number of aliphatic hydroxyl groups excluding tert-OH is 2. The summed E-state index contributed by atoms with van der Waals surface area (Å²) < 4.78 is 5.91. The van der Waals surface area contributed by atoms with Crippen LogP contribution in [0.3, 0.4) is 0 Å². The number of hydrogen-bond acceptors (Lipinski definition) is 6. The number of rotatable bonds is 8. The zero-order chi connectivity index (χ0) is 25.1. The summed E-state index contributed by atoms with van der Waals surface area (Å²) in [6.07, 6.45) is 0.0371. The Hall–Kier alpha value is -3.82. The number of fused-ring (bicyclic) bond motifs is 1. The topological polar surface area (TPSA) is 141 Å². The SMILES string of the molecule is CN(C)c1cccc(OC2C=C(C(=O)NC(Cc3c[nH]c4ccccc34)C(N)=O)CC(O)C2O)c1. The van der Waals surface area contributed by atoms with E-state index < -0.39 is 36.2 Å². The zero-order valence-electron chi connectivity index (χ0n) is 19.6. The number of benzene rings is 2. The van der Waals surface area contributed by atoms with E-state index in [2.05, 4.69) is 10.3 Å². The Morgan fingerprint density at radius 1 is 1.20 bits per heavy atom. The van der Waals surface area contributed by atoms with Crippen LogP contribution >= 0.6 is 0 Å². The largest absolute Gasteiger partial charge is 0.483 e. The number of nitrogens with one attached hydrogen (secondary N) is 2. The third-order valence-corrected chi connectivity index (χ3v) is 6.17. The molecule has 184 valence electrons. The predicted molar refractivity (Wildman–Crippen MR) is 133 cm³/mol. The van der Waals surface area contributed by atoms with Crippen molar-refractivity contribution in [3.05, 3.63) is 71.9 Å². The van der Waals surface area contributed by atoms with E-state index in [0.29, 0.717) is 5.75 Å². The van der Waals surface area contributed by atoms with Crippen LogP contribution in [0.5, 0.6) is 5.75 Å². The van der Waals surface area contributed by atoms with Gasteiger partial charge in [0.1, 0.15) is 24.0 Å². The van der Waals surface area contributed by atoms with Crippen molar-refractivity contribution in [2.45, 2.75) is 37.2 Å². The van der Waals surface area contributed by atoms with Gasteiger partial charge in [-0.1, -0.05) is 24.3 Å². The van der Waals surface area contributed by atoms with Crippen LogP contribution in [0.1, 0.15) is 12.0 Å². The normalized spacial score (nSPS) is 20.7. The predicted octanol–water partition coefficient (Wildman–Crippen LogP) is 1.25. The molecule has 0 aliphatic heterocycles. The molecule has 6 N–H and O–H groups in total. The van der Waals surface area contributed by atoms with Gasteiger partial charge in [0.05, 0.1) is 6.10 Å². The fraction of sp³-hybridized carbons (Fsp3) is 0.308. The summed E-state index contributed by atoms with van der Waals surface area (Å²) in [5.41, 5.74) is 8.47. The molecule has 0 saturated heterocycles. The fourth-order valence-electron chi connectivity index (χ4n) is 4.19. The minimum Gasteiger partial charge on any atom is -0.483 e. The molecule has 0 radical (unpaired) electrons. The van der Waals surface area contributed by atoms with E-state index >= 15 is 0 Å². The number of aromatic amines is 1. The number of ether oxygens (including phenoxy) is 1. The Bertz CT molecular complexity index is 1250. The van der Waals surface area contributed by atoms with Crippen molar-refractivity contribution in [2.24, 2.45) is 5.73 Å². The molecule has 0 fully saturated rings. The Morgan fingerprint density at radius 3 is 2.71 bits per heavy atom. The van der Waals surface area contributed by atoms with Crippen LogP contribution in [0.15, 0.2) is 66.4 Å². The molecule has 0 spiro atoms. The molecule has 9 nitrogen and oxygen atoms in total. The lowest BCUT2D eigenvalue weighted by molar-refractivity contribution is -0.126. The molecule has 4 atom stereocenters. The second-order valence-electron chi connectivity index (χ2n) is 8.92. The number of nitrogens with two attached hydrogens (primary N) is 1. The highest BCUT2D eigenvalue weighted by molar-refractivity contribution is 5.97. The maximum atomic E-state index is 13.0. The quantitative estimate of drug-likeness (QED) is 0.330. The van der Waals surface area contributed by atoms with Crippen LogP contribution in [0.25, 0.3) is 10.9 Å². The van der Waals surface area contributed by atoms with Crippen LogP contribution in [-0.4, -0.2) is 65.5 Å². The van der Waals surface area contributed by atoms with Gasteiger partial charge in [-0.2, -0.15) is 0 Å². The van der Waals surface area contributed by atoms with Crippen LogP contribution in [-0.2, 0) is 16.0 Å². The number of hydrogen-bond donors (Lipinski definition) is 5. The molecular weight excluding hydrogens is 448 g/mol. The van der Waals surface area contributed by atoms with Crippen molar-refractivity contribution in [2.75, 3.05) is 19.0 Å². The van der Waals surface area contributed by atoms with Crippen LogP contribution < -0.4 is 20.7 Å². The van der Waals surface area contributed by atoms with Gasteiger partial charge in [0.15, 0.2) is 0 Å². The standard InChI is InChI=1S/C26H30N4O5/c1-30(2)17-6-5-7-18(13-17)35-23-12-15(11-22(31)24(23)32)26(34)29-21(25(27)33)10-16-14-28-20-9-4-3-8-19(16)20/h3-9,12-14,21-24,28,31-32H,10-11H2,1-2H3,(H2,27,33)(H,29,34). The van der Waals surface area contributed by atoms with Gasteiger partial charge in [-0.3, -0.25) is 9.59 Å². The Morgan fingerprint density at radius 2 is 1.97 bits per heavy atom. The first kappa shape index (κ1) is 24.3. The molecule has 1 aliphatic carbocycles. The zero-order valence-corrected chi connectivity index (χ0v) is 19.6. The molecule has 1 aliphatic rings. The van der Waals surface area contributed by atoms with Gasteiger partial charge in [0.2, 0.25) is 11.8 Å². The summed E-state index contributed by atoms with van der Waals surface area (Å²) in [6, 6.07) is 13.9. The molecule has 4 unspecified atom stereocenters. The Balaban J connectivity index is 1.51. The number of anilines is 1. The second kappa shape index (κ2) is 10.2. The number of H-pyrrole nitrogens is 1. The summed E-state index contributed by atoms with van der Waals surface area (Å²) >= 11 is 0. The minimum atomic E-state index is -1.22. The lowest BCUT2D eigenvalue weighted by Crippen LogP contribution is -2.49. The van der Waals surface area contributed by atoms with Crippen molar-refractivity contribution < 1.29 is 24.5 Å². The first-order chi connectivity index (χ1) is 16.7. The number of para-hydroxylation sites is 1. The lowest BCUT2D eigenvalue weighted by Gasteiger charge is -2.31. The highest BCUT2D eigenvalue weighted by Gasteiger charge is 2.35. The third-order valence-electron chi connectivity index (χ3n) is 6.17. The van der Waals surface area contributed by atoms with E-state index in [1.54, 1.807) is 18.3 Å². The first-order valence-corrected chi connectivity index (χ1v) is 11.4. The minimum absolute atomic E-state index is 0.0802. The third kappa shape index (κ3) is 5.47. The van der Waals surface area contributed by atoms with Crippen molar-refractivity contribution in [1.82, 2.24) is 10.3 Å². The summed E-state index contributed by atoms with van der Waals surface area (Å²) in [7, 11) is 3.79. The number of amides is 2. The van der Waals surface area contributed by atoms with Gasteiger partial charge in [0, 0.05) is 61.4 Å². The number of aromatic nitrogens is 1. The second-order valence-corrected chi connectivity index (χ2v) is 8.92. The van der Waals surface area contributed by atoms with E-state index in [1.807, 2.05) is 55.4 Å². The molecule has 35 heavy (non-hydrogen) atoms. The maximum Gasteiger partial charge on any atom is 0.247 e. The molecule has 0 saturated carbocycles. The van der Waals surface area contributed by atoms with Gasteiger partial charge in [-0.05, 0) is 29.8 Å². The molecule has 1 heterocycles. The summed E-state index contributed by atoms with van der Waals surface area (Å²) in [4.78, 5) is 30.2. The number of carbonyl (C=O) groups is 2. The summed E-state index contributed by atoms with van der Waals surface area (Å²) in [5.74, 6) is -0.733. The highest BCUT2D eigenvalue weighted by Crippen LogP contribution is 2.27. The highest BCUT2D eigenvalue weighted by atomic mass is 16.5. The first-order valence-electron chi connectivity index (χ1n) is 11.4. The molecule has 0 bridgehead atoms. The van der Waals surface area contributed by atoms with Crippen molar-refractivity contribution in [3.8, 4) is 5.75 Å². The lowest BCUT2D eigenvalue weighted by atomic mass is 9.91. The van der Waals surface area contributed by atoms with Crippen molar-refractivity contribution >= 4 is 28.4 Å². The van der Waals surface area contributed by atoms with Gasteiger partial charge < -0.3 is 35.9 Å². The van der Waals surface area contributed by atoms with Gasteiger partial charge >= 0.3 is 0 Å². The van der Waals surface area contributed by atoms with Crippen LogP contribution in [0.2, 0.25) is 0 Å². The smallest absolute Gasteiger partial charge is 0.247 e. The van der Waals surface area contributed by atoms with Crippen LogP contribution in [0, 0.1) is 0 Å². The summed E-state index contributed by atoms with van der Waals surface area (Å²) in [5, 5.41) is 24.5. The number of aliphatic hydroxyl groups is 2. The van der Waals surface area contributed by atoms with Gasteiger partial charge in [-0.25, -0.2) is 0 Å².